The molecule has 0 saturated heterocycles. The second kappa shape index (κ2) is 4.90. The third kappa shape index (κ3) is 2.10. The molecule has 4 nitrogen and oxygen atoms in total. The lowest BCUT2D eigenvalue weighted by molar-refractivity contribution is -0.145. The molecule has 1 amide bonds. The van der Waals surface area contributed by atoms with Gasteiger partial charge in [-0.05, 0) is 6.08 Å². The molecule has 3 rings (SSSR count). The van der Waals surface area contributed by atoms with Gasteiger partial charge >= 0.3 is 5.97 Å². The Morgan fingerprint density at radius 2 is 1.38 bits per heavy atom. The van der Waals surface area contributed by atoms with E-state index in [1.165, 1.54) is 6.08 Å². The number of rotatable bonds is 3. The monoisotopic (exact) mass is 279 g/mol. The minimum Gasteiger partial charge on any atom is -0.441 e. The zero-order chi connectivity index (χ0) is 14.9. The molecule has 0 aromatic heterocycles. The van der Waals surface area contributed by atoms with Crippen molar-refractivity contribution in [2.75, 3.05) is 0 Å². The van der Waals surface area contributed by atoms with Crippen molar-refractivity contribution in [3.8, 4) is 0 Å². The lowest BCUT2D eigenvalue weighted by atomic mass is 9.86. The highest BCUT2D eigenvalue weighted by molar-refractivity contribution is 6.17. The van der Waals surface area contributed by atoms with Crippen molar-refractivity contribution >= 4 is 11.9 Å². The summed E-state index contributed by atoms with van der Waals surface area (Å²) in [6.45, 7) is 0. The third-order valence-electron chi connectivity index (χ3n) is 3.49. The van der Waals surface area contributed by atoms with Crippen LogP contribution in [0.15, 0.2) is 72.3 Å². The molecule has 1 aliphatic heterocycles. The Morgan fingerprint density at radius 3 is 1.76 bits per heavy atom. The first-order valence-corrected chi connectivity index (χ1v) is 6.50. The molecule has 0 unspecified atom stereocenters. The zero-order valence-corrected chi connectivity index (χ0v) is 11.2. The number of hydrogen-bond acceptors (Lipinski definition) is 3. The molecule has 2 aromatic rings. The van der Waals surface area contributed by atoms with Gasteiger partial charge in [0.2, 0.25) is 0 Å². The van der Waals surface area contributed by atoms with Crippen LogP contribution >= 0.6 is 0 Å². The van der Waals surface area contributed by atoms with Crippen molar-refractivity contribution in [3.63, 3.8) is 0 Å². The van der Waals surface area contributed by atoms with Crippen LogP contribution in [-0.4, -0.2) is 11.9 Å². The minimum atomic E-state index is -1.11. The smallest absolute Gasteiger partial charge is 0.345 e. The SMILES string of the molecule is NC(=O)C1=CC(c2ccccc2)(c2ccccc2)OC1=O. The zero-order valence-electron chi connectivity index (χ0n) is 11.2. The first-order chi connectivity index (χ1) is 10.1. The highest BCUT2D eigenvalue weighted by Gasteiger charge is 2.44. The van der Waals surface area contributed by atoms with E-state index < -0.39 is 17.5 Å². The van der Waals surface area contributed by atoms with Gasteiger partial charge in [-0.15, -0.1) is 0 Å². The van der Waals surface area contributed by atoms with Crippen LogP contribution in [0.2, 0.25) is 0 Å². The van der Waals surface area contributed by atoms with E-state index in [2.05, 4.69) is 0 Å². The summed E-state index contributed by atoms with van der Waals surface area (Å²) in [5.41, 5.74) is 5.56. The van der Waals surface area contributed by atoms with Crippen LogP contribution < -0.4 is 5.73 Å². The lowest BCUT2D eigenvalue weighted by Gasteiger charge is -2.27. The quantitative estimate of drug-likeness (QED) is 0.689. The van der Waals surface area contributed by atoms with Gasteiger partial charge in [-0.3, -0.25) is 4.79 Å². The molecule has 0 atom stereocenters. The van der Waals surface area contributed by atoms with E-state index in [1.807, 2.05) is 60.7 Å². The van der Waals surface area contributed by atoms with Gasteiger partial charge in [0.15, 0.2) is 5.60 Å². The summed E-state index contributed by atoms with van der Waals surface area (Å²) < 4.78 is 5.56. The fourth-order valence-electron chi connectivity index (χ4n) is 2.49. The molecule has 0 fully saturated rings. The van der Waals surface area contributed by atoms with Crippen LogP contribution in [0.1, 0.15) is 11.1 Å². The number of esters is 1. The Bertz CT molecular complexity index is 681. The van der Waals surface area contributed by atoms with Gasteiger partial charge in [0.05, 0.1) is 0 Å². The molecule has 4 heteroatoms. The molecule has 0 saturated carbocycles. The molecular weight excluding hydrogens is 266 g/mol. The summed E-state index contributed by atoms with van der Waals surface area (Å²) in [4.78, 5) is 23.4. The van der Waals surface area contributed by atoms with E-state index in [0.29, 0.717) is 0 Å². The lowest BCUT2D eigenvalue weighted by Crippen LogP contribution is -2.27. The van der Waals surface area contributed by atoms with Crippen molar-refractivity contribution in [3.05, 3.63) is 83.4 Å². The number of ether oxygens (including phenoxy) is 1. The predicted molar refractivity (Wildman–Crippen MR) is 77.0 cm³/mol. The van der Waals surface area contributed by atoms with Crippen LogP contribution in [0.4, 0.5) is 0 Å². The molecule has 0 radical (unpaired) electrons. The Morgan fingerprint density at radius 1 is 0.905 bits per heavy atom. The number of carbonyl (C=O) groups is 2. The van der Waals surface area contributed by atoms with E-state index >= 15 is 0 Å². The molecule has 2 N–H and O–H groups in total. The number of carbonyl (C=O) groups excluding carboxylic acids is 2. The number of primary amides is 1. The van der Waals surface area contributed by atoms with Crippen LogP contribution in [-0.2, 0) is 19.9 Å². The summed E-state index contributed by atoms with van der Waals surface area (Å²) in [7, 11) is 0. The van der Waals surface area contributed by atoms with Gasteiger partial charge in [-0.2, -0.15) is 0 Å². The highest BCUT2D eigenvalue weighted by Crippen LogP contribution is 2.40. The predicted octanol–water partition coefficient (Wildman–Crippen LogP) is 1.90. The minimum absolute atomic E-state index is 0.122. The number of cyclic esters (lactones) is 1. The Labute approximate surface area is 121 Å². The maximum Gasteiger partial charge on any atom is 0.345 e. The summed E-state index contributed by atoms with van der Waals surface area (Å²) >= 11 is 0. The largest absolute Gasteiger partial charge is 0.441 e. The maximum absolute atomic E-state index is 12.0. The van der Waals surface area contributed by atoms with E-state index in [-0.39, 0.29) is 5.57 Å². The average molecular weight is 279 g/mol. The molecule has 2 aromatic carbocycles. The Balaban J connectivity index is 2.24. The average Bonchev–Trinajstić information content (AvgIpc) is 2.88. The molecule has 21 heavy (non-hydrogen) atoms. The van der Waals surface area contributed by atoms with Crippen molar-refractivity contribution in [2.45, 2.75) is 5.60 Å². The standard InChI is InChI=1S/C17H13NO3/c18-15(19)14-11-17(21-16(14)20,12-7-3-1-4-8-12)13-9-5-2-6-10-13/h1-11H,(H2,18,19). The van der Waals surface area contributed by atoms with Crippen molar-refractivity contribution in [1.29, 1.82) is 0 Å². The van der Waals surface area contributed by atoms with Crippen LogP contribution in [0.25, 0.3) is 0 Å². The topological polar surface area (TPSA) is 69.4 Å². The Kier molecular flexibility index (Phi) is 3.06. The summed E-state index contributed by atoms with van der Waals surface area (Å²) in [5.74, 6) is -1.48. The summed E-state index contributed by atoms with van der Waals surface area (Å²) in [6.07, 6.45) is 1.50. The molecule has 0 spiro atoms. The van der Waals surface area contributed by atoms with E-state index in [1.54, 1.807) is 0 Å². The second-order valence-electron chi connectivity index (χ2n) is 4.78. The maximum atomic E-state index is 12.0. The van der Waals surface area contributed by atoms with Gasteiger partial charge in [0.1, 0.15) is 5.57 Å². The first-order valence-electron chi connectivity index (χ1n) is 6.50. The molecular formula is C17H13NO3. The van der Waals surface area contributed by atoms with Crippen LogP contribution in [0.3, 0.4) is 0 Å². The fraction of sp³-hybridized carbons (Fsp3) is 0.0588. The number of amides is 1. The number of benzene rings is 2. The van der Waals surface area contributed by atoms with Gasteiger partial charge in [-0.25, -0.2) is 4.79 Å². The normalized spacial score (nSPS) is 16.2. The Hall–Kier alpha value is -2.88. The van der Waals surface area contributed by atoms with Crippen LogP contribution in [0, 0.1) is 0 Å². The van der Waals surface area contributed by atoms with Crippen molar-refractivity contribution in [1.82, 2.24) is 0 Å². The molecule has 0 aliphatic carbocycles. The van der Waals surface area contributed by atoms with Gasteiger partial charge in [0.25, 0.3) is 5.91 Å². The summed E-state index contributed by atoms with van der Waals surface area (Å²) in [6, 6.07) is 18.5. The van der Waals surface area contributed by atoms with Gasteiger partial charge < -0.3 is 10.5 Å². The van der Waals surface area contributed by atoms with Crippen molar-refractivity contribution in [2.24, 2.45) is 5.73 Å². The molecule has 1 heterocycles. The van der Waals surface area contributed by atoms with Gasteiger partial charge in [0, 0.05) is 11.1 Å². The van der Waals surface area contributed by atoms with E-state index in [0.717, 1.165) is 11.1 Å². The van der Waals surface area contributed by atoms with Crippen LogP contribution in [0.5, 0.6) is 0 Å². The van der Waals surface area contributed by atoms with E-state index in [9.17, 15) is 9.59 Å². The second-order valence-corrected chi connectivity index (χ2v) is 4.78. The molecule has 1 aliphatic rings. The number of nitrogens with two attached hydrogens (primary N) is 1. The molecule has 0 bridgehead atoms. The third-order valence-corrected chi connectivity index (χ3v) is 3.49. The summed E-state index contributed by atoms with van der Waals surface area (Å²) in [5, 5.41) is 0. The van der Waals surface area contributed by atoms with E-state index in [4.69, 9.17) is 10.5 Å². The molecule has 104 valence electrons. The van der Waals surface area contributed by atoms with Gasteiger partial charge in [-0.1, -0.05) is 60.7 Å². The number of hydrogen-bond donors (Lipinski definition) is 1. The van der Waals surface area contributed by atoms with Crippen molar-refractivity contribution < 1.29 is 14.3 Å². The fourth-order valence-corrected chi connectivity index (χ4v) is 2.49. The highest BCUT2D eigenvalue weighted by atomic mass is 16.6. The first kappa shape index (κ1) is 13.1.